The molecule has 3 fully saturated rings. The van der Waals surface area contributed by atoms with E-state index < -0.39 is 0 Å². The molecule has 4 atom stereocenters. The van der Waals surface area contributed by atoms with Gasteiger partial charge in [0.25, 0.3) is 0 Å². The summed E-state index contributed by atoms with van der Waals surface area (Å²) < 4.78 is 8.49. The van der Waals surface area contributed by atoms with Gasteiger partial charge in [0.2, 0.25) is 0 Å². The normalized spacial score (nSPS) is 36.2. The van der Waals surface area contributed by atoms with Crippen LogP contribution in [-0.4, -0.2) is 46.0 Å². The Morgan fingerprint density at radius 2 is 2.26 bits per heavy atom. The molecule has 4 nitrogen and oxygen atoms in total. The summed E-state index contributed by atoms with van der Waals surface area (Å²) in [5, 5.41) is 11.0. The molecule has 4 heteroatoms. The number of rotatable bonds is 3. The Labute approximate surface area is 136 Å². The van der Waals surface area contributed by atoms with Gasteiger partial charge in [-0.25, -0.2) is 0 Å². The smallest absolute Gasteiger partial charge is 0.0858 e. The largest absolute Gasteiger partial charge is 0.396 e. The molecule has 1 aromatic carbocycles. The number of benzene rings is 1. The summed E-state index contributed by atoms with van der Waals surface area (Å²) in [7, 11) is 2.09. The lowest BCUT2D eigenvalue weighted by molar-refractivity contribution is 0.000384. The van der Waals surface area contributed by atoms with E-state index in [1.165, 1.54) is 22.9 Å². The number of aryl methyl sites for hydroxylation is 1. The second-order valence-corrected chi connectivity index (χ2v) is 7.70. The van der Waals surface area contributed by atoms with Crippen LogP contribution < -0.4 is 0 Å². The van der Waals surface area contributed by atoms with Crippen molar-refractivity contribution in [2.75, 3.05) is 19.7 Å². The summed E-state index contributed by atoms with van der Waals surface area (Å²) in [6.45, 7) is 3.35. The summed E-state index contributed by atoms with van der Waals surface area (Å²) in [5.74, 6) is 0.872. The number of aliphatic hydroxyl groups excluding tert-OH is 1. The second-order valence-electron chi connectivity index (χ2n) is 7.70. The van der Waals surface area contributed by atoms with Crippen molar-refractivity contribution in [3.05, 3.63) is 36.0 Å². The second kappa shape index (κ2) is 4.82. The third kappa shape index (κ3) is 1.95. The third-order valence-corrected chi connectivity index (χ3v) is 6.42. The van der Waals surface area contributed by atoms with E-state index in [1.807, 2.05) is 0 Å². The van der Waals surface area contributed by atoms with Crippen molar-refractivity contribution in [1.29, 1.82) is 0 Å². The van der Waals surface area contributed by atoms with Gasteiger partial charge in [-0.15, -0.1) is 0 Å². The molecule has 2 bridgehead atoms. The van der Waals surface area contributed by atoms with Crippen LogP contribution in [0.1, 0.15) is 18.4 Å². The van der Waals surface area contributed by atoms with Crippen LogP contribution in [0, 0.1) is 11.8 Å². The van der Waals surface area contributed by atoms with Gasteiger partial charge in [-0.05, 0) is 42.0 Å². The Morgan fingerprint density at radius 3 is 3.13 bits per heavy atom. The fourth-order valence-electron chi connectivity index (χ4n) is 5.34. The molecule has 0 amide bonds. The van der Waals surface area contributed by atoms with Crippen LogP contribution in [0.2, 0.25) is 0 Å². The maximum Gasteiger partial charge on any atom is 0.0858 e. The Kier molecular flexibility index (Phi) is 2.94. The standard InChI is InChI=1S/C19H24N2O2/c1-20-7-5-14-8-13(2-3-17(14)20)9-21-10-16-15(11-22)18-4-6-19(16,12-21)23-18/h2-3,5,7-8,15-16,18,22H,4,6,9-12H2,1H3/t15-,16+,18+,19+/m0/s1. The minimum Gasteiger partial charge on any atom is -0.396 e. The maximum atomic E-state index is 9.73. The molecule has 3 aliphatic rings. The number of likely N-dealkylation sites (tertiary alicyclic amines) is 1. The average molecular weight is 312 g/mol. The zero-order valence-corrected chi connectivity index (χ0v) is 13.6. The number of aliphatic hydroxyl groups is 1. The first-order chi connectivity index (χ1) is 11.2. The molecule has 0 unspecified atom stereocenters. The Balaban J connectivity index is 1.37. The van der Waals surface area contributed by atoms with Crippen LogP contribution in [0.3, 0.4) is 0 Å². The summed E-state index contributed by atoms with van der Waals surface area (Å²) in [5.41, 5.74) is 2.69. The van der Waals surface area contributed by atoms with E-state index in [4.69, 9.17) is 4.74 Å². The predicted molar refractivity (Wildman–Crippen MR) is 89.1 cm³/mol. The molecule has 3 aliphatic heterocycles. The molecule has 0 saturated carbocycles. The van der Waals surface area contributed by atoms with Crippen LogP contribution in [0.4, 0.5) is 0 Å². The minimum absolute atomic E-state index is 0.0366. The van der Waals surface area contributed by atoms with Crippen molar-refractivity contribution in [3.63, 3.8) is 0 Å². The molecule has 2 aromatic rings. The first kappa shape index (κ1) is 14.0. The molecule has 1 aromatic heterocycles. The van der Waals surface area contributed by atoms with Gasteiger partial charge in [-0.1, -0.05) is 6.07 Å². The Bertz CT molecular complexity index is 755. The van der Waals surface area contributed by atoms with Crippen LogP contribution in [0.15, 0.2) is 30.5 Å². The zero-order valence-electron chi connectivity index (χ0n) is 13.6. The highest BCUT2D eigenvalue weighted by Crippen LogP contribution is 2.54. The van der Waals surface area contributed by atoms with Gasteiger partial charge in [0.1, 0.15) is 0 Å². The summed E-state index contributed by atoms with van der Waals surface area (Å²) in [6.07, 6.45) is 4.73. The molecule has 4 heterocycles. The van der Waals surface area contributed by atoms with E-state index in [0.29, 0.717) is 17.9 Å². The number of hydrogen-bond donors (Lipinski definition) is 1. The van der Waals surface area contributed by atoms with Crippen LogP contribution in [0.5, 0.6) is 0 Å². The van der Waals surface area contributed by atoms with Gasteiger partial charge in [0.15, 0.2) is 0 Å². The molecule has 5 rings (SSSR count). The van der Waals surface area contributed by atoms with E-state index in [-0.39, 0.29) is 12.2 Å². The Hall–Kier alpha value is -1.36. The molecule has 0 aliphatic carbocycles. The van der Waals surface area contributed by atoms with Crippen LogP contribution in [0.25, 0.3) is 10.9 Å². The first-order valence-electron chi connectivity index (χ1n) is 8.73. The van der Waals surface area contributed by atoms with E-state index in [1.54, 1.807) is 0 Å². The van der Waals surface area contributed by atoms with Gasteiger partial charge in [-0.3, -0.25) is 4.90 Å². The fourth-order valence-corrected chi connectivity index (χ4v) is 5.34. The minimum atomic E-state index is 0.0366. The molecule has 122 valence electrons. The van der Waals surface area contributed by atoms with Gasteiger partial charge in [-0.2, -0.15) is 0 Å². The summed E-state index contributed by atoms with van der Waals surface area (Å²) >= 11 is 0. The van der Waals surface area contributed by atoms with Gasteiger partial charge in [0.05, 0.1) is 11.7 Å². The van der Waals surface area contributed by atoms with E-state index in [9.17, 15) is 5.11 Å². The number of fused-ring (bicyclic) bond motifs is 2. The highest BCUT2D eigenvalue weighted by Gasteiger charge is 2.62. The van der Waals surface area contributed by atoms with Gasteiger partial charge < -0.3 is 14.4 Å². The molecule has 23 heavy (non-hydrogen) atoms. The van der Waals surface area contributed by atoms with Crippen molar-refractivity contribution in [3.8, 4) is 0 Å². The molecule has 1 spiro atoms. The monoisotopic (exact) mass is 312 g/mol. The van der Waals surface area contributed by atoms with Crippen molar-refractivity contribution in [2.24, 2.45) is 18.9 Å². The SMILES string of the molecule is Cn1ccc2cc(CN3C[C@@H]4[C@H](CO)[C@H]5CC[C@]4(C3)O5)ccc21. The topological polar surface area (TPSA) is 37.6 Å². The van der Waals surface area contributed by atoms with Crippen LogP contribution in [-0.2, 0) is 18.3 Å². The van der Waals surface area contributed by atoms with Crippen molar-refractivity contribution >= 4 is 10.9 Å². The van der Waals surface area contributed by atoms with Crippen molar-refractivity contribution in [2.45, 2.75) is 31.1 Å². The van der Waals surface area contributed by atoms with Gasteiger partial charge in [0, 0.05) is 56.8 Å². The third-order valence-electron chi connectivity index (χ3n) is 6.42. The number of hydrogen-bond acceptors (Lipinski definition) is 3. The van der Waals surface area contributed by atoms with E-state index in [2.05, 4.69) is 47.0 Å². The predicted octanol–water partition coefficient (Wildman–Crippen LogP) is 2.15. The molecule has 1 N–H and O–H groups in total. The summed E-state index contributed by atoms with van der Waals surface area (Å²) in [4.78, 5) is 2.53. The molecular weight excluding hydrogens is 288 g/mol. The van der Waals surface area contributed by atoms with Crippen molar-refractivity contribution < 1.29 is 9.84 Å². The highest BCUT2D eigenvalue weighted by molar-refractivity contribution is 5.80. The highest BCUT2D eigenvalue weighted by atomic mass is 16.5. The lowest BCUT2D eigenvalue weighted by atomic mass is 9.74. The molecule has 0 radical (unpaired) electrons. The summed E-state index contributed by atoms with van der Waals surface area (Å²) in [6, 6.07) is 8.96. The number of nitrogens with zero attached hydrogens (tertiary/aromatic N) is 2. The molecular formula is C19H24N2O2. The van der Waals surface area contributed by atoms with Crippen LogP contribution >= 0.6 is 0 Å². The lowest BCUT2D eigenvalue weighted by Crippen LogP contribution is -2.37. The van der Waals surface area contributed by atoms with E-state index in [0.717, 1.165) is 26.1 Å². The zero-order chi connectivity index (χ0) is 15.6. The van der Waals surface area contributed by atoms with Gasteiger partial charge >= 0.3 is 0 Å². The molecule has 3 saturated heterocycles. The maximum absolute atomic E-state index is 9.73. The lowest BCUT2D eigenvalue weighted by Gasteiger charge is -2.28. The number of aromatic nitrogens is 1. The quantitative estimate of drug-likeness (QED) is 0.944. The van der Waals surface area contributed by atoms with Crippen molar-refractivity contribution in [1.82, 2.24) is 9.47 Å². The van der Waals surface area contributed by atoms with E-state index >= 15 is 0 Å². The fraction of sp³-hybridized carbons (Fsp3) is 0.579. The average Bonchev–Trinajstić information content (AvgIpc) is 3.26. The first-order valence-corrected chi connectivity index (χ1v) is 8.73. The Morgan fingerprint density at radius 1 is 1.35 bits per heavy atom. The number of ether oxygens (including phenoxy) is 1.